The zero-order chi connectivity index (χ0) is 9.11. The van der Waals surface area contributed by atoms with E-state index in [1.54, 1.807) is 0 Å². The van der Waals surface area contributed by atoms with Gasteiger partial charge in [0.25, 0.3) is 0 Å². The van der Waals surface area contributed by atoms with E-state index >= 15 is 0 Å². The topological polar surface area (TPSA) is 20.2 Å². The van der Waals surface area contributed by atoms with Crippen LogP contribution in [-0.4, -0.2) is 11.7 Å². The number of hydrogen-bond acceptors (Lipinski definition) is 1. The molecule has 1 rings (SSSR count). The maximum atomic E-state index is 8.57. The van der Waals surface area contributed by atoms with Crippen LogP contribution in [-0.2, 0) is 0 Å². The van der Waals surface area contributed by atoms with E-state index in [9.17, 15) is 0 Å². The fourth-order valence-corrected chi connectivity index (χ4v) is 1.19. The molecule has 0 heterocycles. The van der Waals surface area contributed by atoms with E-state index < -0.39 is 0 Å². The highest BCUT2D eigenvalue weighted by atomic mass is 16.3. The smallest absolute Gasteiger partial charge is 0.0459 e. The average molecular weight is 160 g/mol. The quantitative estimate of drug-likeness (QED) is 0.624. The maximum Gasteiger partial charge on any atom is 0.0459 e. The van der Waals surface area contributed by atoms with Gasteiger partial charge in [0, 0.05) is 6.61 Å². The minimum Gasteiger partial charge on any atom is -0.396 e. The summed E-state index contributed by atoms with van der Waals surface area (Å²) >= 11 is 0. The summed E-state index contributed by atoms with van der Waals surface area (Å²) in [6.07, 6.45) is 5.20. The second kappa shape index (κ2) is 12.6. The Morgan fingerprint density at radius 1 is 1.00 bits per heavy atom. The first kappa shape index (κ1) is 13.5. The zero-order valence-corrected chi connectivity index (χ0v) is 8.56. The first-order chi connectivity index (χ1) is 5.43. The van der Waals surface area contributed by atoms with Gasteiger partial charge in [0.15, 0.2) is 0 Å². The maximum absolute atomic E-state index is 8.57. The highest BCUT2D eigenvalue weighted by Crippen LogP contribution is 2.23. The molecule has 0 bridgehead atoms. The summed E-state index contributed by atoms with van der Waals surface area (Å²) in [4.78, 5) is 0. The van der Waals surface area contributed by atoms with Crippen molar-refractivity contribution >= 4 is 0 Å². The van der Waals surface area contributed by atoms with Crippen molar-refractivity contribution in [3.05, 3.63) is 0 Å². The molecule has 0 atom stereocenters. The normalized spacial score (nSPS) is 16.1. The van der Waals surface area contributed by atoms with Crippen molar-refractivity contribution in [1.82, 2.24) is 0 Å². The van der Waals surface area contributed by atoms with Gasteiger partial charge < -0.3 is 5.11 Å². The fourth-order valence-electron chi connectivity index (χ4n) is 1.19. The van der Waals surface area contributed by atoms with Gasteiger partial charge in [-0.1, -0.05) is 40.5 Å². The van der Waals surface area contributed by atoms with Crippen LogP contribution in [0.1, 0.15) is 53.4 Å². The van der Waals surface area contributed by atoms with E-state index in [2.05, 4.69) is 0 Å². The number of rotatable bonds is 1. The van der Waals surface area contributed by atoms with E-state index in [4.69, 9.17) is 5.11 Å². The third-order valence-electron chi connectivity index (χ3n) is 1.73. The molecule has 1 aliphatic carbocycles. The molecule has 0 aliphatic heterocycles. The van der Waals surface area contributed by atoms with Gasteiger partial charge in [-0.05, 0) is 18.8 Å². The van der Waals surface area contributed by atoms with Crippen LogP contribution in [0.25, 0.3) is 0 Å². The Hall–Kier alpha value is -0.0400. The van der Waals surface area contributed by atoms with Crippen molar-refractivity contribution in [2.75, 3.05) is 6.61 Å². The minimum atomic E-state index is 0.417. The van der Waals surface area contributed by atoms with E-state index in [-0.39, 0.29) is 0 Å². The Morgan fingerprint density at radius 2 is 1.36 bits per heavy atom. The Kier molecular flexibility index (Phi) is 15.5. The molecule has 0 amide bonds. The lowest BCUT2D eigenvalue weighted by atomic mass is 10.1. The van der Waals surface area contributed by atoms with Crippen LogP contribution in [0.5, 0.6) is 0 Å². The second-order valence-electron chi connectivity index (χ2n) is 2.33. The molecule has 0 radical (unpaired) electrons. The van der Waals surface area contributed by atoms with Crippen LogP contribution in [0.3, 0.4) is 0 Å². The van der Waals surface area contributed by atoms with Gasteiger partial charge in [0.1, 0.15) is 0 Å². The van der Waals surface area contributed by atoms with Gasteiger partial charge in [-0.3, -0.25) is 0 Å². The lowest BCUT2D eigenvalue weighted by molar-refractivity contribution is 0.230. The molecular weight excluding hydrogens is 136 g/mol. The van der Waals surface area contributed by atoms with Crippen LogP contribution >= 0.6 is 0 Å². The molecule has 0 aromatic heterocycles. The predicted molar refractivity (Wildman–Crippen MR) is 51.7 cm³/mol. The number of aliphatic hydroxyl groups is 1. The summed E-state index contributed by atoms with van der Waals surface area (Å²) in [5.74, 6) is 0.653. The molecule has 1 nitrogen and oxygen atoms in total. The SMILES string of the molecule is CC.CC.OCC1CCCC1. The van der Waals surface area contributed by atoms with Gasteiger partial charge in [-0.25, -0.2) is 0 Å². The van der Waals surface area contributed by atoms with Crippen LogP contribution in [0, 0.1) is 5.92 Å². The molecule has 11 heavy (non-hydrogen) atoms. The molecule has 1 heteroatoms. The van der Waals surface area contributed by atoms with Gasteiger partial charge in [0.2, 0.25) is 0 Å². The lowest BCUT2D eigenvalue weighted by Gasteiger charge is -1.98. The summed E-state index contributed by atoms with van der Waals surface area (Å²) in [7, 11) is 0. The van der Waals surface area contributed by atoms with Crippen LogP contribution in [0.4, 0.5) is 0 Å². The molecule has 1 saturated carbocycles. The lowest BCUT2D eigenvalue weighted by Crippen LogP contribution is -1.97. The zero-order valence-electron chi connectivity index (χ0n) is 8.56. The van der Waals surface area contributed by atoms with E-state index in [0.717, 1.165) is 0 Å². The molecule has 0 saturated heterocycles. The standard InChI is InChI=1S/C6H12O.2C2H6/c7-5-6-3-1-2-4-6;2*1-2/h6-7H,1-5H2;2*1-2H3. The van der Waals surface area contributed by atoms with E-state index in [1.165, 1.54) is 25.7 Å². The number of hydrogen-bond donors (Lipinski definition) is 1. The molecule has 1 fully saturated rings. The van der Waals surface area contributed by atoms with Gasteiger partial charge in [-0.15, -0.1) is 0 Å². The van der Waals surface area contributed by atoms with E-state index in [1.807, 2.05) is 27.7 Å². The van der Waals surface area contributed by atoms with Crippen LogP contribution < -0.4 is 0 Å². The molecule has 0 aromatic carbocycles. The molecule has 1 N–H and O–H groups in total. The highest BCUT2D eigenvalue weighted by molar-refractivity contribution is 4.64. The van der Waals surface area contributed by atoms with E-state index in [0.29, 0.717) is 12.5 Å². The van der Waals surface area contributed by atoms with Gasteiger partial charge in [0.05, 0.1) is 0 Å². The Balaban J connectivity index is 0. The van der Waals surface area contributed by atoms with Crippen molar-refractivity contribution in [3.8, 4) is 0 Å². The van der Waals surface area contributed by atoms with Gasteiger partial charge in [-0.2, -0.15) is 0 Å². The third kappa shape index (κ3) is 7.86. The van der Waals surface area contributed by atoms with Crippen molar-refractivity contribution in [1.29, 1.82) is 0 Å². The summed E-state index contributed by atoms with van der Waals surface area (Å²) in [5.41, 5.74) is 0. The predicted octanol–water partition coefficient (Wildman–Crippen LogP) is 3.22. The van der Waals surface area contributed by atoms with Crippen molar-refractivity contribution in [3.63, 3.8) is 0 Å². The average Bonchev–Trinajstić information content (AvgIpc) is 2.63. The molecule has 0 unspecified atom stereocenters. The summed E-state index contributed by atoms with van der Waals surface area (Å²) in [6.45, 7) is 8.42. The Bertz CT molecular complexity index is 46.8. The summed E-state index contributed by atoms with van der Waals surface area (Å²) in [6, 6.07) is 0. The van der Waals surface area contributed by atoms with Crippen molar-refractivity contribution in [2.24, 2.45) is 5.92 Å². The second-order valence-corrected chi connectivity index (χ2v) is 2.33. The molecule has 0 aromatic rings. The fraction of sp³-hybridized carbons (Fsp3) is 1.00. The Labute approximate surface area is 71.8 Å². The number of aliphatic hydroxyl groups excluding tert-OH is 1. The van der Waals surface area contributed by atoms with Crippen molar-refractivity contribution < 1.29 is 5.11 Å². The summed E-state index contributed by atoms with van der Waals surface area (Å²) < 4.78 is 0. The highest BCUT2D eigenvalue weighted by Gasteiger charge is 2.12. The molecule has 0 spiro atoms. The monoisotopic (exact) mass is 160 g/mol. The Morgan fingerprint density at radius 3 is 1.55 bits per heavy atom. The molecule has 70 valence electrons. The summed E-state index contributed by atoms with van der Waals surface area (Å²) in [5, 5.41) is 8.57. The van der Waals surface area contributed by atoms with Crippen LogP contribution in [0.15, 0.2) is 0 Å². The largest absolute Gasteiger partial charge is 0.396 e. The minimum absolute atomic E-state index is 0.417. The molecular formula is C10H24O. The third-order valence-corrected chi connectivity index (χ3v) is 1.73. The first-order valence-electron chi connectivity index (χ1n) is 5.04. The van der Waals surface area contributed by atoms with Gasteiger partial charge >= 0.3 is 0 Å². The van der Waals surface area contributed by atoms with Crippen molar-refractivity contribution in [2.45, 2.75) is 53.4 Å². The van der Waals surface area contributed by atoms with Crippen LogP contribution in [0.2, 0.25) is 0 Å². The first-order valence-corrected chi connectivity index (χ1v) is 5.04. The molecule has 1 aliphatic rings.